The van der Waals surface area contributed by atoms with Crippen LogP contribution in [0, 0.1) is 19.3 Å². The van der Waals surface area contributed by atoms with Crippen molar-refractivity contribution >= 4 is 0 Å². The van der Waals surface area contributed by atoms with E-state index in [1.165, 1.54) is 0 Å². The molecular weight excluding hydrogens is 148 g/mol. The molecule has 0 aliphatic carbocycles. The molecule has 1 heteroatoms. The lowest BCUT2D eigenvalue weighted by Crippen LogP contribution is -1.92. The van der Waals surface area contributed by atoms with Gasteiger partial charge in [-0.1, -0.05) is 5.92 Å². The molecule has 62 valence electrons. The van der Waals surface area contributed by atoms with E-state index in [0.717, 1.165) is 16.9 Å². The Bertz CT molecular complexity index is 307. The largest absolute Gasteiger partial charge is 0.494 e. The first kappa shape index (κ1) is 8.67. The monoisotopic (exact) mass is 160 g/mol. The maximum absolute atomic E-state index is 5.33. The fourth-order valence-corrected chi connectivity index (χ4v) is 1.08. The molecule has 0 radical (unpaired) electrons. The predicted octanol–water partition coefficient (Wildman–Crippen LogP) is 2.38. The van der Waals surface area contributed by atoms with Gasteiger partial charge in [0.2, 0.25) is 0 Å². The lowest BCUT2D eigenvalue weighted by molar-refractivity contribution is 0.340. The maximum Gasteiger partial charge on any atom is 0.120 e. The molecule has 12 heavy (non-hydrogen) atoms. The first-order valence-electron chi connectivity index (χ1n) is 3.97. The molecule has 0 amide bonds. The van der Waals surface area contributed by atoms with Gasteiger partial charge >= 0.3 is 0 Å². The van der Waals surface area contributed by atoms with Gasteiger partial charge in [0.1, 0.15) is 5.75 Å². The van der Waals surface area contributed by atoms with E-state index in [9.17, 15) is 0 Å². The molecule has 0 N–H and O–H groups in total. The summed E-state index contributed by atoms with van der Waals surface area (Å²) >= 11 is 0. The zero-order valence-corrected chi connectivity index (χ0v) is 7.42. The van der Waals surface area contributed by atoms with Crippen molar-refractivity contribution in [3.8, 4) is 18.1 Å². The second kappa shape index (κ2) is 3.82. The highest BCUT2D eigenvalue weighted by Gasteiger charge is 1.95. The van der Waals surface area contributed by atoms with E-state index >= 15 is 0 Å². The van der Waals surface area contributed by atoms with Gasteiger partial charge in [0.15, 0.2) is 0 Å². The highest BCUT2D eigenvalue weighted by atomic mass is 16.5. The average molecular weight is 160 g/mol. The van der Waals surface area contributed by atoms with Crippen LogP contribution in [0.3, 0.4) is 0 Å². The van der Waals surface area contributed by atoms with Gasteiger partial charge in [-0.3, -0.25) is 0 Å². The van der Waals surface area contributed by atoms with E-state index in [1.807, 2.05) is 32.0 Å². The van der Waals surface area contributed by atoms with Crippen LogP contribution in [0.2, 0.25) is 0 Å². The second-order valence-electron chi connectivity index (χ2n) is 2.61. The third kappa shape index (κ3) is 2.03. The first-order valence-corrected chi connectivity index (χ1v) is 3.97. The first-order chi connectivity index (χ1) is 5.76. The number of aryl methyl sites for hydroxylation is 1. The van der Waals surface area contributed by atoms with Crippen LogP contribution in [0.25, 0.3) is 0 Å². The fourth-order valence-electron chi connectivity index (χ4n) is 1.08. The molecule has 1 aromatic rings. The zero-order valence-electron chi connectivity index (χ0n) is 7.42. The van der Waals surface area contributed by atoms with Gasteiger partial charge in [-0.15, -0.1) is 6.42 Å². The highest BCUT2D eigenvalue weighted by Crippen LogP contribution is 2.15. The standard InChI is InChI=1S/C11H12O/c1-4-10-6-9(3)7-11(8-10)12-5-2/h1,6-8H,5H2,2-3H3. The molecule has 1 aromatic carbocycles. The van der Waals surface area contributed by atoms with E-state index in [0.29, 0.717) is 6.61 Å². The van der Waals surface area contributed by atoms with E-state index < -0.39 is 0 Å². The molecular formula is C11H12O. The van der Waals surface area contributed by atoms with Crippen molar-refractivity contribution in [2.24, 2.45) is 0 Å². The van der Waals surface area contributed by atoms with Crippen LogP contribution in [0.4, 0.5) is 0 Å². The Hall–Kier alpha value is -1.42. The number of hydrogen-bond donors (Lipinski definition) is 0. The summed E-state index contributed by atoms with van der Waals surface area (Å²) < 4.78 is 5.33. The Morgan fingerprint density at radius 1 is 1.42 bits per heavy atom. The van der Waals surface area contributed by atoms with Gasteiger partial charge in [-0.2, -0.15) is 0 Å². The number of benzene rings is 1. The van der Waals surface area contributed by atoms with Crippen LogP contribution in [-0.4, -0.2) is 6.61 Å². The van der Waals surface area contributed by atoms with Crippen LogP contribution in [0.5, 0.6) is 5.75 Å². The van der Waals surface area contributed by atoms with Crippen molar-refractivity contribution in [3.63, 3.8) is 0 Å². The van der Waals surface area contributed by atoms with Crippen molar-refractivity contribution in [2.75, 3.05) is 6.61 Å². The Balaban J connectivity index is 3.00. The summed E-state index contributed by atoms with van der Waals surface area (Å²) in [6.45, 7) is 4.63. The van der Waals surface area contributed by atoms with E-state index in [-0.39, 0.29) is 0 Å². The number of terminal acetylenes is 1. The Morgan fingerprint density at radius 2 is 2.17 bits per heavy atom. The molecule has 0 unspecified atom stereocenters. The number of rotatable bonds is 2. The van der Waals surface area contributed by atoms with Gasteiger partial charge in [-0.25, -0.2) is 0 Å². The minimum Gasteiger partial charge on any atom is -0.494 e. The molecule has 1 rings (SSSR count). The Morgan fingerprint density at radius 3 is 2.75 bits per heavy atom. The van der Waals surface area contributed by atoms with Crippen LogP contribution < -0.4 is 4.74 Å². The molecule has 1 nitrogen and oxygen atoms in total. The van der Waals surface area contributed by atoms with Crippen LogP contribution in [-0.2, 0) is 0 Å². The molecule has 0 aliphatic rings. The summed E-state index contributed by atoms with van der Waals surface area (Å²) in [4.78, 5) is 0. The summed E-state index contributed by atoms with van der Waals surface area (Å²) in [6, 6.07) is 5.81. The summed E-state index contributed by atoms with van der Waals surface area (Å²) in [5, 5.41) is 0. The Kier molecular flexibility index (Phi) is 2.76. The van der Waals surface area contributed by atoms with Gasteiger partial charge < -0.3 is 4.74 Å². The van der Waals surface area contributed by atoms with Crippen molar-refractivity contribution in [1.82, 2.24) is 0 Å². The molecule has 0 aliphatic heterocycles. The number of hydrogen-bond acceptors (Lipinski definition) is 1. The Labute approximate surface area is 73.4 Å². The maximum atomic E-state index is 5.33. The SMILES string of the molecule is C#Cc1cc(C)cc(OCC)c1. The summed E-state index contributed by atoms with van der Waals surface area (Å²) in [5.74, 6) is 3.44. The smallest absolute Gasteiger partial charge is 0.120 e. The average Bonchev–Trinajstić information content (AvgIpc) is 2.04. The van der Waals surface area contributed by atoms with Crippen LogP contribution in [0.1, 0.15) is 18.1 Å². The molecule has 0 fully saturated rings. The van der Waals surface area contributed by atoms with E-state index in [2.05, 4.69) is 5.92 Å². The van der Waals surface area contributed by atoms with E-state index in [1.54, 1.807) is 0 Å². The van der Waals surface area contributed by atoms with Crippen molar-refractivity contribution in [3.05, 3.63) is 29.3 Å². The van der Waals surface area contributed by atoms with Crippen LogP contribution >= 0.6 is 0 Å². The quantitative estimate of drug-likeness (QED) is 0.603. The van der Waals surface area contributed by atoms with Crippen molar-refractivity contribution in [1.29, 1.82) is 0 Å². The molecule has 0 spiro atoms. The zero-order chi connectivity index (χ0) is 8.97. The lowest BCUT2D eigenvalue weighted by Gasteiger charge is -2.04. The third-order valence-electron chi connectivity index (χ3n) is 1.53. The number of ether oxygens (including phenoxy) is 1. The van der Waals surface area contributed by atoms with Gasteiger partial charge in [0, 0.05) is 5.56 Å². The molecule has 0 aromatic heterocycles. The highest BCUT2D eigenvalue weighted by molar-refractivity contribution is 5.41. The predicted molar refractivity (Wildman–Crippen MR) is 50.3 cm³/mol. The molecule has 0 heterocycles. The summed E-state index contributed by atoms with van der Waals surface area (Å²) in [6.07, 6.45) is 5.28. The lowest BCUT2D eigenvalue weighted by atomic mass is 10.1. The molecule has 0 atom stereocenters. The van der Waals surface area contributed by atoms with Gasteiger partial charge in [-0.05, 0) is 37.6 Å². The molecule has 0 bridgehead atoms. The van der Waals surface area contributed by atoms with E-state index in [4.69, 9.17) is 11.2 Å². The second-order valence-corrected chi connectivity index (χ2v) is 2.61. The minimum atomic E-state index is 0.674. The third-order valence-corrected chi connectivity index (χ3v) is 1.53. The topological polar surface area (TPSA) is 9.23 Å². The normalized spacial score (nSPS) is 9.08. The summed E-state index contributed by atoms with van der Waals surface area (Å²) in [5.41, 5.74) is 2.01. The van der Waals surface area contributed by atoms with Crippen molar-refractivity contribution < 1.29 is 4.74 Å². The minimum absolute atomic E-state index is 0.674. The molecule has 0 saturated carbocycles. The van der Waals surface area contributed by atoms with Crippen LogP contribution in [0.15, 0.2) is 18.2 Å². The van der Waals surface area contributed by atoms with Gasteiger partial charge in [0.05, 0.1) is 6.61 Å². The fraction of sp³-hybridized carbons (Fsp3) is 0.273. The van der Waals surface area contributed by atoms with Gasteiger partial charge in [0.25, 0.3) is 0 Å². The van der Waals surface area contributed by atoms with Crippen molar-refractivity contribution in [2.45, 2.75) is 13.8 Å². The summed E-state index contributed by atoms with van der Waals surface area (Å²) in [7, 11) is 0. The molecule has 0 saturated heterocycles.